The summed E-state index contributed by atoms with van der Waals surface area (Å²) in [5, 5.41) is 13.5. The molecular formula is C16H12N4O. The molecule has 0 fully saturated rings. The highest BCUT2D eigenvalue weighted by atomic mass is 16.6. The van der Waals surface area contributed by atoms with Crippen LogP contribution in [-0.2, 0) is 0 Å². The van der Waals surface area contributed by atoms with Crippen LogP contribution in [0.3, 0.4) is 0 Å². The van der Waals surface area contributed by atoms with Gasteiger partial charge in [0.2, 0.25) is 0 Å². The summed E-state index contributed by atoms with van der Waals surface area (Å²) in [6.07, 6.45) is 0. The molecule has 0 aliphatic carbocycles. The van der Waals surface area contributed by atoms with E-state index in [2.05, 4.69) is 33.8 Å². The fourth-order valence-electron chi connectivity index (χ4n) is 2.47. The topological polar surface area (TPSA) is 77.0 Å². The van der Waals surface area contributed by atoms with Gasteiger partial charge >= 0.3 is 0 Å². The van der Waals surface area contributed by atoms with Gasteiger partial charge in [-0.05, 0) is 33.9 Å². The minimum absolute atomic E-state index is 0.551. The van der Waals surface area contributed by atoms with Gasteiger partial charge in [-0.1, -0.05) is 36.4 Å². The second kappa shape index (κ2) is 4.49. The molecule has 0 saturated heterocycles. The molecular weight excluding hydrogens is 264 g/mol. The molecule has 5 nitrogen and oxygen atoms in total. The van der Waals surface area contributed by atoms with Gasteiger partial charge in [-0.15, -0.1) is 0 Å². The Kier molecular flexibility index (Phi) is 2.50. The lowest BCUT2D eigenvalue weighted by atomic mass is 10.1. The highest BCUT2D eigenvalue weighted by molar-refractivity contribution is 6.00. The largest absolute Gasteiger partial charge is 0.397 e. The third-order valence-corrected chi connectivity index (χ3v) is 3.51. The fourth-order valence-corrected chi connectivity index (χ4v) is 2.47. The van der Waals surface area contributed by atoms with E-state index in [1.165, 1.54) is 5.39 Å². The van der Waals surface area contributed by atoms with E-state index < -0.39 is 0 Å². The minimum atomic E-state index is 0.551. The molecule has 0 amide bonds. The molecule has 4 rings (SSSR count). The van der Waals surface area contributed by atoms with E-state index in [4.69, 9.17) is 10.4 Å². The lowest BCUT2D eigenvalue weighted by Crippen LogP contribution is -1.94. The molecule has 0 saturated carbocycles. The van der Waals surface area contributed by atoms with Crippen LogP contribution in [0.25, 0.3) is 21.8 Å². The molecule has 3 aromatic carbocycles. The Morgan fingerprint density at radius 2 is 1.62 bits per heavy atom. The van der Waals surface area contributed by atoms with Crippen molar-refractivity contribution in [1.29, 1.82) is 0 Å². The van der Waals surface area contributed by atoms with Crippen LogP contribution in [0.2, 0.25) is 0 Å². The molecule has 4 aromatic rings. The third kappa shape index (κ3) is 1.87. The second-order valence-corrected chi connectivity index (χ2v) is 4.82. The second-order valence-electron chi connectivity index (χ2n) is 4.82. The molecule has 0 atom stereocenters. The third-order valence-electron chi connectivity index (χ3n) is 3.51. The first-order valence-corrected chi connectivity index (χ1v) is 6.58. The first-order chi connectivity index (χ1) is 10.3. The van der Waals surface area contributed by atoms with Crippen molar-refractivity contribution in [1.82, 2.24) is 10.3 Å². The van der Waals surface area contributed by atoms with Crippen molar-refractivity contribution >= 4 is 38.9 Å². The highest BCUT2D eigenvalue weighted by Gasteiger charge is 2.11. The number of aromatic nitrogens is 2. The summed E-state index contributed by atoms with van der Waals surface area (Å²) in [6, 6.07) is 18.0. The molecule has 21 heavy (non-hydrogen) atoms. The summed E-state index contributed by atoms with van der Waals surface area (Å²) in [7, 11) is 0. The number of nitrogens with two attached hydrogens (primary N) is 1. The molecule has 0 unspecified atom stereocenters. The Morgan fingerprint density at radius 1 is 0.810 bits per heavy atom. The Bertz CT molecular complexity index is 940. The zero-order valence-electron chi connectivity index (χ0n) is 11.1. The van der Waals surface area contributed by atoms with Crippen LogP contribution < -0.4 is 11.1 Å². The molecule has 0 aliphatic rings. The minimum Gasteiger partial charge on any atom is -0.397 e. The van der Waals surface area contributed by atoms with Crippen LogP contribution in [0.15, 0.2) is 59.2 Å². The molecule has 1 heterocycles. The van der Waals surface area contributed by atoms with Gasteiger partial charge in [0.15, 0.2) is 11.0 Å². The molecule has 0 spiro atoms. The maximum Gasteiger partial charge on any atom is 0.160 e. The van der Waals surface area contributed by atoms with Crippen molar-refractivity contribution in [3.05, 3.63) is 54.6 Å². The average Bonchev–Trinajstić information content (AvgIpc) is 3.01. The summed E-state index contributed by atoms with van der Waals surface area (Å²) in [4.78, 5) is 0. The van der Waals surface area contributed by atoms with Gasteiger partial charge in [0, 0.05) is 11.1 Å². The predicted molar refractivity (Wildman–Crippen MR) is 83.4 cm³/mol. The van der Waals surface area contributed by atoms with Crippen LogP contribution >= 0.6 is 0 Å². The predicted octanol–water partition coefficient (Wildman–Crippen LogP) is 3.70. The SMILES string of the molecule is Nc1ccc(Nc2cccc3ccccc23)c2nonc12. The highest BCUT2D eigenvalue weighted by Crippen LogP contribution is 2.31. The monoisotopic (exact) mass is 276 g/mol. The Morgan fingerprint density at radius 3 is 2.57 bits per heavy atom. The molecule has 0 radical (unpaired) electrons. The van der Waals surface area contributed by atoms with Crippen molar-refractivity contribution in [3.8, 4) is 0 Å². The van der Waals surface area contributed by atoms with E-state index in [0.29, 0.717) is 16.7 Å². The number of fused-ring (bicyclic) bond motifs is 2. The van der Waals surface area contributed by atoms with Crippen LogP contribution in [0.4, 0.5) is 17.1 Å². The van der Waals surface area contributed by atoms with Gasteiger partial charge in [0.25, 0.3) is 0 Å². The number of nitrogens with zero attached hydrogens (tertiary/aromatic N) is 2. The Balaban J connectivity index is 1.87. The maximum atomic E-state index is 5.86. The van der Waals surface area contributed by atoms with Crippen molar-refractivity contribution in [2.45, 2.75) is 0 Å². The first kappa shape index (κ1) is 11.7. The number of nitrogens with one attached hydrogen (secondary N) is 1. The van der Waals surface area contributed by atoms with Gasteiger partial charge in [-0.25, -0.2) is 4.63 Å². The maximum absolute atomic E-state index is 5.86. The van der Waals surface area contributed by atoms with Gasteiger partial charge in [0.1, 0.15) is 0 Å². The summed E-state index contributed by atoms with van der Waals surface area (Å²) in [6.45, 7) is 0. The van der Waals surface area contributed by atoms with Crippen LogP contribution in [-0.4, -0.2) is 10.3 Å². The van der Waals surface area contributed by atoms with E-state index in [1.807, 2.05) is 30.3 Å². The van der Waals surface area contributed by atoms with Gasteiger partial charge in [-0.2, -0.15) is 0 Å². The molecule has 3 N–H and O–H groups in total. The quantitative estimate of drug-likeness (QED) is 0.546. The first-order valence-electron chi connectivity index (χ1n) is 6.58. The van der Waals surface area contributed by atoms with Crippen LogP contribution in [0.5, 0.6) is 0 Å². The summed E-state index contributed by atoms with van der Waals surface area (Å²) in [5.41, 5.74) is 9.43. The molecule has 1 aromatic heterocycles. The average molecular weight is 276 g/mol. The molecule has 0 aliphatic heterocycles. The summed E-state index contributed by atoms with van der Waals surface area (Å²) >= 11 is 0. The lowest BCUT2D eigenvalue weighted by molar-refractivity contribution is 0.316. The standard InChI is InChI=1S/C16H12N4O/c17-12-8-9-14(16-15(12)19-21-20-16)18-13-7-3-5-10-4-1-2-6-11(10)13/h1-9,18H,17H2. The fraction of sp³-hybridized carbons (Fsp3) is 0. The Labute approximate surface area is 120 Å². The molecule has 5 heteroatoms. The number of anilines is 3. The van der Waals surface area contributed by atoms with Crippen molar-refractivity contribution in [2.75, 3.05) is 11.1 Å². The van der Waals surface area contributed by atoms with Crippen LogP contribution in [0, 0.1) is 0 Å². The van der Waals surface area contributed by atoms with E-state index in [9.17, 15) is 0 Å². The summed E-state index contributed by atoms with van der Waals surface area (Å²) < 4.78 is 4.79. The van der Waals surface area contributed by atoms with E-state index in [1.54, 1.807) is 6.07 Å². The molecule has 102 valence electrons. The van der Waals surface area contributed by atoms with E-state index in [0.717, 1.165) is 16.8 Å². The number of rotatable bonds is 2. The molecule has 0 bridgehead atoms. The number of nitrogen functional groups attached to an aromatic ring is 1. The Hall–Kier alpha value is -3.08. The van der Waals surface area contributed by atoms with E-state index in [-0.39, 0.29) is 0 Å². The normalized spacial score (nSPS) is 11.0. The van der Waals surface area contributed by atoms with Gasteiger partial charge < -0.3 is 11.1 Å². The summed E-state index contributed by atoms with van der Waals surface area (Å²) in [5.74, 6) is 0. The smallest absolute Gasteiger partial charge is 0.160 e. The zero-order chi connectivity index (χ0) is 14.2. The number of benzene rings is 3. The van der Waals surface area contributed by atoms with Crippen molar-refractivity contribution in [3.63, 3.8) is 0 Å². The van der Waals surface area contributed by atoms with Gasteiger partial charge in [0.05, 0.1) is 11.4 Å². The van der Waals surface area contributed by atoms with Crippen LogP contribution in [0.1, 0.15) is 0 Å². The lowest BCUT2D eigenvalue weighted by Gasteiger charge is -2.10. The number of hydrogen-bond donors (Lipinski definition) is 2. The van der Waals surface area contributed by atoms with E-state index >= 15 is 0 Å². The van der Waals surface area contributed by atoms with Crippen molar-refractivity contribution < 1.29 is 4.63 Å². The number of hydrogen-bond acceptors (Lipinski definition) is 5. The zero-order valence-corrected chi connectivity index (χ0v) is 11.1. The van der Waals surface area contributed by atoms with Crippen molar-refractivity contribution in [2.24, 2.45) is 0 Å². The van der Waals surface area contributed by atoms with Gasteiger partial charge in [-0.3, -0.25) is 0 Å².